The summed E-state index contributed by atoms with van der Waals surface area (Å²) in [7, 11) is 0. The van der Waals surface area contributed by atoms with Crippen LogP contribution in [0.4, 0.5) is 0 Å². The van der Waals surface area contributed by atoms with Crippen LogP contribution < -0.4 is 11.3 Å². The summed E-state index contributed by atoms with van der Waals surface area (Å²) in [6.07, 6.45) is 5.12. The van der Waals surface area contributed by atoms with Gasteiger partial charge in [0.05, 0.1) is 6.04 Å². The first kappa shape index (κ1) is 12.8. The lowest BCUT2D eigenvalue weighted by Crippen LogP contribution is -2.28. The van der Waals surface area contributed by atoms with Crippen molar-refractivity contribution in [2.75, 3.05) is 0 Å². The van der Waals surface area contributed by atoms with Gasteiger partial charge in [-0.05, 0) is 58.6 Å². The summed E-state index contributed by atoms with van der Waals surface area (Å²) < 4.78 is 1.14. The lowest BCUT2D eigenvalue weighted by Gasteiger charge is -2.13. The molecule has 0 radical (unpaired) electrons. The number of hydrogen-bond donors (Lipinski definition) is 2. The minimum atomic E-state index is 0.112. The van der Waals surface area contributed by atoms with Crippen molar-refractivity contribution in [2.24, 2.45) is 5.84 Å². The molecule has 0 fully saturated rings. The van der Waals surface area contributed by atoms with Crippen molar-refractivity contribution in [3.05, 3.63) is 42.2 Å². The number of hydrogen-bond acceptors (Lipinski definition) is 4. The average molecular weight is 343 g/mol. The molecule has 1 unspecified atom stereocenters. The number of aryl methyl sites for hydroxylation is 2. The van der Waals surface area contributed by atoms with Gasteiger partial charge in [0.2, 0.25) is 0 Å². The van der Waals surface area contributed by atoms with E-state index in [1.165, 1.54) is 41.7 Å². The van der Waals surface area contributed by atoms with Gasteiger partial charge in [-0.15, -0.1) is 11.3 Å². The summed E-state index contributed by atoms with van der Waals surface area (Å²) in [5, 5.41) is 4.26. The Labute approximate surface area is 123 Å². The molecule has 2 nitrogen and oxygen atoms in total. The molecule has 0 aromatic carbocycles. The zero-order valence-corrected chi connectivity index (χ0v) is 13.1. The molecule has 18 heavy (non-hydrogen) atoms. The van der Waals surface area contributed by atoms with E-state index in [0.29, 0.717) is 0 Å². The highest BCUT2D eigenvalue weighted by molar-refractivity contribution is 9.10. The third-order valence-electron chi connectivity index (χ3n) is 3.42. The van der Waals surface area contributed by atoms with Gasteiger partial charge < -0.3 is 0 Å². The zero-order valence-electron chi connectivity index (χ0n) is 9.91. The molecule has 0 spiro atoms. The van der Waals surface area contributed by atoms with E-state index in [2.05, 4.69) is 38.2 Å². The van der Waals surface area contributed by atoms with Gasteiger partial charge in [0.1, 0.15) is 0 Å². The van der Waals surface area contributed by atoms with Crippen molar-refractivity contribution < 1.29 is 0 Å². The number of thiophene rings is 2. The molecule has 2 aromatic rings. The standard InChI is InChI=1S/C13H15BrN2S2/c14-10-7-17-6-9(10)13(16-15)12-5-8-3-1-2-4-11(8)18-12/h5-7,13,16H,1-4,15H2. The normalized spacial score (nSPS) is 16.6. The van der Waals surface area contributed by atoms with Crippen LogP contribution in [0.5, 0.6) is 0 Å². The predicted molar refractivity (Wildman–Crippen MR) is 82.1 cm³/mol. The van der Waals surface area contributed by atoms with Crippen molar-refractivity contribution in [3.63, 3.8) is 0 Å². The number of rotatable bonds is 3. The molecule has 2 heterocycles. The molecule has 1 aliphatic rings. The smallest absolute Gasteiger partial charge is 0.0821 e. The Hall–Kier alpha value is -0.200. The number of halogens is 1. The van der Waals surface area contributed by atoms with Crippen LogP contribution in [0.2, 0.25) is 0 Å². The molecule has 0 aliphatic heterocycles. The van der Waals surface area contributed by atoms with Crippen LogP contribution in [0.25, 0.3) is 0 Å². The van der Waals surface area contributed by atoms with E-state index in [0.717, 1.165) is 4.47 Å². The topological polar surface area (TPSA) is 38.0 Å². The Bertz CT molecular complexity index is 523. The summed E-state index contributed by atoms with van der Waals surface area (Å²) in [6, 6.07) is 2.45. The van der Waals surface area contributed by atoms with E-state index >= 15 is 0 Å². The molecule has 0 saturated carbocycles. The first-order valence-electron chi connectivity index (χ1n) is 6.09. The van der Waals surface area contributed by atoms with E-state index in [-0.39, 0.29) is 6.04 Å². The number of nitrogens with one attached hydrogen (secondary N) is 1. The van der Waals surface area contributed by atoms with E-state index in [4.69, 9.17) is 5.84 Å². The van der Waals surface area contributed by atoms with Gasteiger partial charge in [0.15, 0.2) is 0 Å². The first-order chi connectivity index (χ1) is 8.79. The highest BCUT2D eigenvalue weighted by Gasteiger charge is 2.21. The highest BCUT2D eigenvalue weighted by Crippen LogP contribution is 2.38. The number of nitrogens with two attached hydrogens (primary N) is 1. The zero-order chi connectivity index (χ0) is 12.5. The molecule has 2 aromatic heterocycles. The summed E-state index contributed by atoms with van der Waals surface area (Å²) >= 11 is 7.21. The largest absolute Gasteiger partial charge is 0.271 e. The van der Waals surface area contributed by atoms with Gasteiger partial charge in [-0.2, -0.15) is 11.3 Å². The second-order valence-corrected chi connectivity index (χ2v) is 7.35. The quantitative estimate of drug-likeness (QED) is 0.653. The van der Waals surface area contributed by atoms with Gasteiger partial charge in [0.25, 0.3) is 0 Å². The van der Waals surface area contributed by atoms with Gasteiger partial charge in [-0.1, -0.05) is 0 Å². The van der Waals surface area contributed by atoms with Gasteiger partial charge >= 0.3 is 0 Å². The predicted octanol–water partition coefficient (Wildman–Crippen LogP) is 4.00. The second-order valence-electron chi connectivity index (χ2n) is 4.58. The molecule has 1 aliphatic carbocycles. The van der Waals surface area contributed by atoms with Crippen LogP contribution in [-0.2, 0) is 12.8 Å². The second kappa shape index (κ2) is 5.43. The molecule has 3 rings (SSSR count). The number of hydrazine groups is 1. The molecule has 5 heteroatoms. The van der Waals surface area contributed by atoms with Crippen molar-refractivity contribution in [1.82, 2.24) is 5.43 Å². The molecule has 0 bridgehead atoms. The minimum absolute atomic E-state index is 0.112. The fourth-order valence-electron chi connectivity index (χ4n) is 2.48. The minimum Gasteiger partial charge on any atom is -0.271 e. The monoisotopic (exact) mass is 342 g/mol. The van der Waals surface area contributed by atoms with Crippen molar-refractivity contribution in [2.45, 2.75) is 31.7 Å². The summed E-state index contributed by atoms with van der Waals surface area (Å²) in [6.45, 7) is 0. The molecule has 0 saturated heterocycles. The first-order valence-corrected chi connectivity index (χ1v) is 8.64. The van der Waals surface area contributed by atoms with E-state index in [1.807, 2.05) is 11.3 Å². The highest BCUT2D eigenvalue weighted by atomic mass is 79.9. The van der Waals surface area contributed by atoms with Gasteiger partial charge in [0, 0.05) is 25.2 Å². The SMILES string of the molecule is NNC(c1cc2c(s1)CCCC2)c1cscc1Br. The lowest BCUT2D eigenvalue weighted by atomic mass is 9.98. The van der Waals surface area contributed by atoms with Crippen LogP contribution in [0, 0.1) is 0 Å². The fraction of sp³-hybridized carbons (Fsp3) is 0.385. The fourth-order valence-corrected chi connectivity index (χ4v) is 5.37. The van der Waals surface area contributed by atoms with Crippen molar-refractivity contribution in [1.29, 1.82) is 0 Å². The Morgan fingerprint density at radius 3 is 2.78 bits per heavy atom. The maximum Gasteiger partial charge on any atom is 0.0821 e. The van der Waals surface area contributed by atoms with Crippen LogP contribution in [-0.4, -0.2) is 0 Å². The van der Waals surface area contributed by atoms with Gasteiger partial charge in [-0.3, -0.25) is 5.84 Å². The summed E-state index contributed by atoms with van der Waals surface area (Å²) in [5.41, 5.74) is 5.73. The van der Waals surface area contributed by atoms with E-state index in [9.17, 15) is 0 Å². The third kappa shape index (κ3) is 2.30. The molecule has 3 N–H and O–H groups in total. The molecule has 96 valence electrons. The van der Waals surface area contributed by atoms with Crippen LogP contribution in [0.3, 0.4) is 0 Å². The van der Waals surface area contributed by atoms with Crippen molar-refractivity contribution >= 4 is 38.6 Å². The molecular weight excluding hydrogens is 328 g/mol. The summed E-state index contributed by atoms with van der Waals surface area (Å²) in [4.78, 5) is 2.89. The van der Waals surface area contributed by atoms with Crippen LogP contribution in [0.1, 0.15) is 39.8 Å². The molecule has 0 amide bonds. The maximum atomic E-state index is 5.76. The number of fused-ring (bicyclic) bond motifs is 1. The van der Waals surface area contributed by atoms with Crippen LogP contribution in [0.15, 0.2) is 21.3 Å². The third-order valence-corrected chi connectivity index (χ3v) is 6.47. The Morgan fingerprint density at radius 2 is 2.11 bits per heavy atom. The Morgan fingerprint density at radius 1 is 1.28 bits per heavy atom. The van der Waals surface area contributed by atoms with Gasteiger partial charge in [-0.25, -0.2) is 5.43 Å². The average Bonchev–Trinajstić information content (AvgIpc) is 2.97. The van der Waals surface area contributed by atoms with E-state index in [1.54, 1.807) is 16.2 Å². The van der Waals surface area contributed by atoms with E-state index < -0.39 is 0 Å². The van der Waals surface area contributed by atoms with Crippen molar-refractivity contribution in [3.8, 4) is 0 Å². The molecule has 1 atom stereocenters. The Balaban J connectivity index is 1.97. The van der Waals surface area contributed by atoms with Crippen LogP contribution >= 0.6 is 38.6 Å². The molecular formula is C13H15BrN2S2. The Kier molecular flexibility index (Phi) is 3.86. The summed E-state index contributed by atoms with van der Waals surface area (Å²) in [5.74, 6) is 5.76. The maximum absolute atomic E-state index is 5.76. The lowest BCUT2D eigenvalue weighted by molar-refractivity contribution is 0.645.